The summed E-state index contributed by atoms with van der Waals surface area (Å²) in [5.74, 6) is 0.385. The summed E-state index contributed by atoms with van der Waals surface area (Å²) >= 11 is 0. The Bertz CT molecular complexity index is 733. The molecule has 0 spiro atoms. The van der Waals surface area contributed by atoms with Crippen molar-refractivity contribution >= 4 is 11.9 Å². The lowest BCUT2D eigenvalue weighted by molar-refractivity contribution is -0.130. The molecule has 0 radical (unpaired) electrons. The van der Waals surface area contributed by atoms with Crippen LogP contribution in [-0.4, -0.2) is 33.0 Å². The van der Waals surface area contributed by atoms with Gasteiger partial charge in [-0.05, 0) is 17.5 Å². The minimum Gasteiger partial charge on any atom is -0.334 e. The van der Waals surface area contributed by atoms with Crippen molar-refractivity contribution in [1.82, 2.24) is 20.4 Å². The molecule has 1 N–H and O–H groups in total. The minimum atomic E-state index is -0.546. The fourth-order valence-corrected chi connectivity index (χ4v) is 2.41. The minimum absolute atomic E-state index is 0.00637. The van der Waals surface area contributed by atoms with E-state index in [9.17, 15) is 9.59 Å². The summed E-state index contributed by atoms with van der Waals surface area (Å²) in [5.41, 5.74) is 0.435. The van der Waals surface area contributed by atoms with Gasteiger partial charge in [-0.1, -0.05) is 44.1 Å². The second-order valence-electron chi connectivity index (χ2n) is 6.55. The molecule has 0 saturated carbocycles. The van der Waals surface area contributed by atoms with Gasteiger partial charge >= 0.3 is 6.03 Å². The van der Waals surface area contributed by atoms with Gasteiger partial charge in [-0.15, -0.1) is 0 Å². The molecule has 0 bridgehead atoms. The third-order valence-electron chi connectivity index (χ3n) is 3.68. The summed E-state index contributed by atoms with van der Waals surface area (Å²) in [4.78, 5) is 29.8. The van der Waals surface area contributed by atoms with E-state index in [1.807, 2.05) is 51.1 Å². The molecule has 1 atom stereocenters. The van der Waals surface area contributed by atoms with Crippen LogP contribution in [0.3, 0.4) is 0 Å². The van der Waals surface area contributed by atoms with Crippen molar-refractivity contribution in [2.24, 2.45) is 5.41 Å². The Kier molecular flexibility index (Phi) is 3.63. The number of hydrogen-bond donors (Lipinski definition) is 1. The van der Waals surface area contributed by atoms with Crippen LogP contribution in [0.4, 0.5) is 4.79 Å². The third-order valence-corrected chi connectivity index (χ3v) is 3.68. The van der Waals surface area contributed by atoms with Gasteiger partial charge < -0.3 is 9.84 Å². The third kappa shape index (κ3) is 2.94. The molecule has 1 saturated heterocycles. The predicted octanol–water partition coefficient (Wildman–Crippen LogP) is 2.20. The van der Waals surface area contributed by atoms with Crippen molar-refractivity contribution in [3.05, 3.63) is 36.2 Å². The van der Waals surface area contributed by atoms with Crippen LogP contribution in [0.25, 0.3) is 11.5 Å². The van der Waals surface area contributed by atoms with E-state index in [0.717, 1.165) is 10.5 Å². The SMILES string of the molecule is CC(C)(C)C1NC(=O)N(Cc2noc(-c3ccccc3)n2)C1=O. The molecule has 2 heterocycles. The number of carbonyl (C=O) groups is 2. The first-order chi connectivity index (χ1) is 10.9. The summed E-state index contributed by atoms with van der Waals surface area (Å²) < 4.78 is 5.19. The van der Waals surface area contributed by atoms with E-state index in [-0.39, 0.29) is 17.9 Å². The quantitative estimate of drug-likeness (QED) is 0.877. The van der Waals surface area contributed by atoms with E-state index in [1.165, 1.54) is 0 Å². The van der Waals surface area contributed by atoms with Crippen molar-refractivity contribution in [3.8, 4) is 11.5 Å². The van der Waals surface area contributed by atoms with Gasteiger partial charge in [0.1, 0.15) is 6.04 Å². The number of aromatic nitrogens is 2. The molecule has 0 aliphatic carbocycles. The van der Waals surface area contributed by atoms with Gasteiger partial charge in [0.05, 0.1) is 6.54 Å². The number of nitrogens with zero attached hydrogens (tertiary/aromatic N) is 3. The maximum atomic E-state index is 12.4. The number of imide groups is 1. The lowest BCUT2D eigenvalue weighted by atomic mass is 9.87. The molecule has 3 rings (SSSR count). The topological polar surface area (TPSA) is 88.3 Å². The molecule has 1 aromatic carbocycles. The smallest absolute Gasteiger partial charge is 0.325 e. The van der Waals surface area contributed by atoms with E-state index in [1.54, 1.807) is 0 Å². The fraction of sp³-hybridized carbons (Fsp3) is 0.375. The second kappa shape index (κ2) is 5.49. The average molecular weight is 314 g/mol. The molecule has 23 heavy (non-hydrogen) atoms. The van der Waals surface area contributed by atoms with Gasteiger partial charge in [0.2, 0.25) is 0 Å². The maximum Gasteiger partial charge on any atom is 0.325 e. The van der Waals surface area contributed by atoms with Crippen molar-refractivity contribution in [2.45, 2.75) is 33.4 Å². The van der Waals surface area contributed by atoms with Crippen LogP contribution in [0.1, 0.15) is 26.6 Å². The zero-order valence-electron chi connectivity index (χ0n) is 13.2. The highest BCUT2D eigenvalue weighted by molar-refractivity contribution is 6.04. The van der Waals surface area contributed by atoms with Crippen LogP contribution in [0.15, 0.2) is 34.9 Å². The Morgan fingerprint density at radius 1 is 1.22 bits per heavy atom. The van der Waals surface area contributed by atoms with E-state index in [0.29, 0.717) is 11.7 Å². The van der Waals surface area contributed by atoms with Gasteiger partial charge in [0, 0.05) is 5.56 Å². The second-order valence-corrected chi connectivity index (χ2v) is 6.55. The molecule has 120 valence electrons. The van der Waals surface area contributed by atoms with Gasteiger partial charge in [-0.2, -0.15) is 4.98 Å². The lowest BCUT2D eigenvalue weighted by Crippen LogP contribution is -2.41. The Labute approximate surface area is 133 Å². The van der Waals surface area contributed by atoms with Crippen LogP contribution in [0.2, 0.25) is 0 Å². The first-order valence-corrected chi connectivity index (χ1v) is 7.36. The number of carbonyl (C=O) groups excluding carboxylic acids is 2. The van der Waals surface area contributed by atoms with E-state index >= 15 is 0 Å². The number of hydrogen-bond acceptors (Lipinski definition) is 5. The highest BCUT2D eigenvalue weighted by Gasteiger charge is 2.44. The normalized spacial score (nSPS) is 18.4. The lowest BCUT2D eigenvalue weighted by Gasteiger charge is -2.24. The predicted molar refractivity (Wildman–Crippen MR) is 82.1 cm³/mol. The number of urea groups is 1. The highest BCUT2D eigenvalue weighted by Crippen LogP contribution is 2.26. The molecular weight excluding hydrogens is 296 g/mol. The first kappa shape index (κ1) is 15.2. The molecule has 7 heteroatoms. The number of benzene rings is 1. The van der Waals surface area contributed by atoms with Crippen molar-refractivity contribution in [2.75, 3.05) is 0 Å². The number of amides is 3. The van der Waals surface area contributed by atoms with Crippen LogP contribution in [0, 0.1) is 5.41 Å². The summed E-state index contributed by atoms with van der Waals surface area (Å²) in [6.07, 6.45) is 0. The molecular formula is C16H18N4O3. The first-order valence-electron chi connectivity index (χ1n) is 7.36. The zero-order chi connectivity index (χ0) is 16.6. The van der Waals surface area contributed by atoms with Crippen LogP contribution in [0.5, 0.6) is 0 Å². The standard InChI is InChI=1S/C16H18N4O3/c1-16(2,3)12-14(21)20(15(22)18-12)9-11-17-13(23-19-11)10-7-5-4-6-8-10/h4-8,12H,9H2,1-3H3,(H,18,22). The van der Waals surface area contributed by atoms with E-state index in [4.69, 9.17) is 4.52 Å². The average Bonchev–Trinajstić information content (AvgIpc) is 3.08. The highest BCUT2D eigenvalue weighted by atomic mass is 16.5. The van der Waals surface area contributed by atoms with Crippen LogP contribution < -0.4 is 5.32 Å². The summed E-state index contributed by atoms with van der Waals surface area (Å²) in [6, 6.07) is 8.34. The molecule has 1 aromatic heterocycles. The Morgan fingerprint density at radius 3 is 2.52 bits per heavy atom. The summed E-state index contributed by atoms with van der Waals surface area (Å²) in [7, 11) is 0. The summed E-state index contributed by atoms with van der Waals surface area (Å²) in [6.45, 7) is 5.71. The molecule has 3 amide bonds. The maximum absolute atomic E-state index is 12.4. The van der Waals surface area contributed by atoms with Gasteiger partial charge in [0.25, 0.3) is 11.8 Å². The van der Waals surface area contributed by atoms with Crippen molar-refractivity contribution in [1.29, 1.82) is 0 Å². The Balaban J connectivity index is 1.77. The van der Waals surface area contributed by atoms with Crippen LogP contribution in [-0.2, 0) is 11.3 Å². The van der Waals surface area contributed by atoms with Crippen molar-refractivity contribution < 1.29 is 14.1 Å². The van der Waals surface area contributed by atoms with Crippen molar-refractivity contribution in [3.63, 3.8) is 0 Å². The number of rotatable bonds is 3. The molecule has 1 unspecified atom stereocenters. The molecule has 1 fully saturated rings. The molecule has 7 nitrogen and oxygen atoms in total. The molecule has 2 aromatic rings. The number of nitrogens with one attached hydrogen (secondary N) is 1. The van der Waals surface area contributed by atoms with Crippen LogP contribution >= 0.6 is 0 Å². The van der Waals surface area contributed by atoms with Gasteiger partial charge in [-0.25, -0.2) is 4.79 Å². The molecule has 1 aliphatic rings. The Hall–Kier alpha value is -2.70. The largest absolute Gasteiger partial charge is 0.334 e. The van der Waals surface area contributed by atoms with Gasteiger partial charge in [0.15, 0.2) is 5.82 Å². The fourth-order valence-electron chi connectivity index (χ4n) is 2.41. The van der Waals surface area contributed by atoms with E-state index in [2.05, 4.69) is 15.5 Å². The summed E-state index contributed by atoms with van der Waals surface area (Å²) in [5, 5.41) is 6.56. The van der Waals surface area contributed by atoms with Gasteiger partial charge in [-0.3, -0.25) is 9.69 Å². The molecule has 1 aliphatic heterocycles. The van der Waals surface area contributed by atoms with E-state index < -0.39 is 12.1 Å². The Morgan fingerprint density at radius 2 is 1.91 bits per heavy atom. The zero-order valence-corrected chi connectivity index (χ0v) is 13.2. The monoisotopic (exact) mass is 314 g/mol.